The molecule has 0 aliphatic heterocycles. The van der Waals surface area contributed by atoms with E-state index in [1.165, 1.54) is 44.9 Å². The van der Waals surface area contributed by atoms with Crippen LogP contribution in [0.1, 0.15) is 58.3 Å². The number of rotatable bonds is 6. The van der Waals surface area contributed by atoms with Gasteiger partial charge in [0, 0.05) is 0 Å². The van der Waals surface area contributed by atoms with Crippen molar-refractivity contribution in [2.75, 3.05) is 0 Å². The molecule has 0 aromatic rings. The molecule has 0 spiro atoms. The maximum Gasteiger partial charge on any atom is 0.0596 e. The fourth-order valence-electron chi connectivity index (χ4n) is 2.43. The maximum absolute atomic E-state index is 10.0. The van der Waals surface area contributed by atoms with Gasteiger partial charge in [-0.15, -0.1) is 0 Å². The van der Waals surface area contributed by atoms with Crippen molar-refractivity contribution in [2.24, 2.45) is 11.3 Å². The van der Waals surface area contributed by atoms with Crippen LogP contribution < -0.4 is 0 Å². The Labute approximate surface area is 81.5 Å². The normalized spacial score (nSPS) is 27.2. The van der Waals surface area contributed by atoms with Gasteiger partial charge in [0.2, 0.25) is 0 Å². The van der Waals surface area contributed by atoms with Crippen LogP contribution in [0.2, 0.25) is 0 Å². The Hall–Kier alpha value is -0.0400. The van der Waals surface area contributed by atoms with Crippen LogP contribution in [0.3, 0.4) is 0 Å². The van der Waals surface area contributed by atoms with Crippen LogP contribution in [0.4, 0.5) is 0 Å². The lowest BCUT2D eigenvalue weighted by Crippen LogP contribution is -2.22. The summed E-state index contributed by atoms with van der Waals surface area (Å²) in [6.07, 6.45) is 10.3. The largest absolute Gasteiger partial charge is 0.393 e. The molecule has 0 bridgehead atoms. The Balaban J connectivity index is 1.75. The van der Waals surface area contributed by atoms with Crippen LogP contribution in [0.15, 0.2) is 0 Å². The van der Waals surface area contributed by atoms with Gasteiger partial charge in [-0.05, 0) is 37.0 Å². The summed E-state index contributed by atoms with van der Waals surface area (Å²) in [6.45, 7) is 2.20. The molecule has 2 aliphatic rings. The minimum Gasteiger partial charge on any atom is -0.393 e. The fourth-order valence-corrected chi connectivity index (χ4v) is 2.43. The predicted molar refractivity (Wildman–Crippen MR) is 54.5 cm³/mol. The molecule has 1 N–H and O–H groups in total. The molecule has 2 fully saturated rings. The van der Waals surface area contributed by atoms with E-state index in [1.807, 2.05) is 0 Å². The third kappa shape index (κ3) is 2.25. The minimum absolute atomic E-state index is 0.0213. The van der Waals surface area contributed by atoms with Gasteiger partial charge in [0.05, 0.1) is 6.10 Å². The molecule has 0 amide bonds. The van der Waals surface area contributed by atoms with E-state index < -0.39 is 0 Å². The molecule has 1 nitrogen and oxygen atoms in total. The molecule has 2 rings (SSSR count). The first-order valence-electron chi connectivity index (χ1n) is 5.95. The quantitative estimate of drug-likeness (QED) is 0.669. The van der Waals surface area contributed by atoms with Gasteiger partial charge >= 0.3 is 0 Å². The average molecular weight is 182 g/mol. The molecule has 0 heterocycles. The zero-order chi connectivity index (χ0) is 9.31. The highest BCUT2D eigenvalue weighted by Gasteiger charge is 2.50. The monoisotopic (exact) mass is 182 g/mol. The summed E-state index contributed by atoms with van der Waals surface area (Å²) in [6, 6.07) is 0. The van der Waals surface area contributed by atoms with Crippen LogP contribution in [0.5, 0.6) is 0 Å². The van der Waals surface area contributed by atoms with E-state index in [1.54, 1.807) is 0 Å². The highest BCUT2D eigenvalue weighted by molar-refractivity contribution is 5.01. The summed E-state index contributed by atoms with van der Waals surface area (Å²) in [5, 5.41) is 10.0. The summed E-state index contributed by atoms with van der Waals surface area (Å²) in [5.41, 5.74) is 0.399. The summed E-state index contributed by atoms with van der Waals surface area (Å²) >= 11 is 0. The van der Waals surface area contributed by atoms with Gasteiger partial charge < -0.3 is 5.11 Å². The molecule has 1 atom stereocenters. The van der Waals surface area contributed by atoms with Crippen LogP contribution in [0, 0.1) is 11.3 Å². The molecule has 0 radical (unpaired) electrons. The summed E-state index contributed by atoms with van der Waals surface area (Å²) in [7, 11) is 0. The first kappa shape index (κ1) is 9.51. The molecule has 13 heavy (non-hydrogen) atoms. The van der Waals surface area contributed by atoms with Gasteiger partial charge in [-0.1, -0.05) is 32.6 Å². The third-order valence-corrected chi connectivity index (χ3v) is 3.82. The van der Waals surface area contributed by atoms with Crippen molar-refractivity contribution in [3.8, 4) is 0 Å². The van der Waals surface area contributed by atoms with Gasteiger partial charge in [0.15, 0.2) is 0 Å². The Kier molecular flexibility index (Phi) is 2.64. The van der Waals surface area contributed by atoms with Crippen LogP contribution in [0.25, 0.3) is 0 Å². The fraction of sp³-hybridized carbons (Fsp3) is 1.00. The number of unbranched alkanes of at least 4 members (excludes halogenated alkanes) is 1. The predicted octanol–water partition coefficient (Wildman–Crippen LogP) is 3.12. The van der Waals surface area contributed by atoms with Crippen molar-refractivity contribution < 1.29 is 5.11 Å². The van der Waals surface area contributed by atoms with E-state index in [2.05, 4.69) is 6.92 Å². The molecule has 2 saturated carbocycles. The molecule has 1 heteroatoms. The zero-order valence-corrected chi connectivity index (χ0v) is 8.76. The van der Waals surface area contributed by atoms with Crippen LogP contribution >= 0.6 is 0 Å². The van der Waals surface area contributed by atoms with E-state index in [0.717, 1.165) is 12.3 Å². The van der Waals surface area contributed by atoms with Crippen molar-refractivity contribution in [3.05, 3.63) is 0 Å². The number of aliphatic hydroxyl groups excluding tert-OH is 1. The van der Waals surface area contributed by atoms with Gasteiger partial charge in [0.1, 0.15) is 0 Å². The van der Waals surface area contributed by atoms with Gasteiger partial charge in [-0.25, -0.2) is 0 Å². The molecule has 1 unspecified atom stereocenters. The van der Waals surface area contributed by atoms with Gasteiger partial charge in [-0.2, -0.15) is 0 Å². The standard InChI is InChI=1S/C12H22O/c1-2-3-4-11(13)12(7-8-12)9-10-5-6-10/h10-11,13H,2-9H2,1H3. The molecule has 0 aromatic carbocycles. The SMILES string of the molecule is CCCCC(O)C1(CC2CC2)CC1. The van der Waals surface area contributed by atoms with Gasteiger partial charge in [-0.3, -0.25) is 0 Å². The first-order valence-corrected chi connectivity index (χ1v) is 5.95. The topological polar surface area (TPSA) is 20.2 Å². The van der Waals surface area contributed by atoms with Crippen molar-refractivity contribution in [1.82, 2.24) is 0 Å². The maximum atomic E-state index is 10.0. The molecule has 76 valence electrons. The van der Waals surface area contributed by atoms with Gasteiger partial charge in [0.25, 0.3) is 0 Å². The summed E-state index contributed by atoms with van der Waals surface area (Å²) in [5.74, 6) is 0.985. The van der Waals surface area contributed by atoms with Crippen molar-refractivity contribution in [1.29, 1.82) is 0 Å². The Morgan fingerprint density at radius 1 is 1.38 bits per heavy atom. The second kappa shape index (κ2) is 3.61. The highest BCUT2D eigenvalue weighted by atomic mass is 16.3. The molecule has 2 aliphatic carbocycles. The molecule has 0 aromatic heterocycles. The summed E-state index contributed by atoms with van der Waals surface area (Å²) in [4.78, 5) is 0. The Morgan fingerprint density at radius 3 is 2.54 bits per heavy atom. The highest BCUT2D eigenvalue weighted by Crippen LogP contribution is 2.57. The van der Waals surface area contributed by atoms with E-state index >= 15 is 0 Å². The summed E-state index contributed by atoms with van der Waals surface area (Å²) < 4.78 is 0. The average Bonchev–Trinajstić information content (AvgIpc) is 2.98. The first-order chi connectivity index (χ1) is 6.27. The van der Waals surface area contributed by atoms with Crippen molar-refractivity contribution in [3.63, 3.8) is 0 Å². The lowest BCUT2D eigenvalue weighted by atomic mass is 9.89. The number of aliphatic hydroxyl groups is 1. The molecular weight excluding hydrogens is 160 g/mol. The lowest BCUT2D eigenvalue weighted by molar-refractivity contribution is 0.0733. The van der Waals surface area contributed by atoms with E-state index in [4.69, 9.17) is 0 Å². The number of hydrogen-bond donors (Lipinski definition) is 1. The second-order valence-corrected chi connectivity index (χ2v) is 5.17. The van der Waals surface area contributed by atoms with Crippen LogP contribution in [-0.2, 0) is 0 Å². The van der Waals surface area contributed by atoms with Crippen molar-refractivity contribution >= 4 is 0 Å². The number of hydrogen-bond acceptors (Lipinski definition) is 1. The van der Waals surface area contributed by atoms with Crippen molar-refractivity contribution in [2.45, 2.75) is 64.4 Å². The minimum atomic E-state index is 0.0213. The van der Waals surface area contributed by atoms with E-state index in [0.29, 0.717) is 5.41 Å². The lowest BCUT2D eigenvalue weighted by Gasteiger charge is -2.21. The third-order valence-electron chi connectivity index (χ3n) is 3.82. The molecular formula is C12H22O. The van der Waals surface area contributed by atoms with E-state index in [-0.39, 0.29) is 6.10 Å². The Morgan fingerprint density at radius 2 is 2.08 bits per heavy atom. The smallest absolute Gasteiger partial charge is 0.0596 e. The second-order valence-electron chi connectivity index (χ2n) is 5.17. The Bertz CT molecular complexity index is 168. The zero-order valence-electron chi connectivity index (χ0n) is 8.76. The van der Waals surface area contributed by atoms with E-state index in [9.17, 15) is 5.11 Å². The van der Waals surface area contributed by atoms with Crippen LogP contribution in [-0.4, -0.2) is 11.2 Å². The molecule has 0 saturated heterocycles.